The first kappa shape index (κ1) is 27.9. The van der Waals surface area contributed by atoms with Crippen LogP contribution in [0.2, 0.25) is 0 Å². The Morgan fingerprint density at radius 3 is 1.77 bits per heavy atom. The minimum Gasteiger partial charge on any atom is -0.310 e. The third-order valence-electron chi connectivity index (χ3n) is 10.8. The number of benzene rings is 7. The molecule has 0 bridgehead atoms. The summed E-state index contributed by atoms with van der Waals surface area (Å²) in [6.07, 6.45) is 0. The lowest BCUT2D eigenvalue weighted by molar-refractivity contribution is 0.660. The first-order valence-electron chi connectivity index (χ1n) is 16.7. The normalized spacial score (nSPS) is 14.7. The minimum absolute atomic E-state index is 0.0117. The van der Waals surface area contributed by atoms with Crippen molar-refractivity contribution >= 4 is 27.8 Å². The van der Waals surface area contributed by atoms with Gasteiger partial charge in [-0.15, -0.1) is 0 Å². The van der Waals surface area contributed by atoms with E-state index in [0.29, 0.717) is 0 Å². The Kier molecular flexibility index (Phi) is 5.96. The van der Waals surface area contributed by atoms with Crippen LogP contribution in [0.25, 0.3) is 44.2 Å². The number of hydrogen-bond acceptors (Lipinski definition) is 1. The fraction of sp³-hybridized carbons (Fsp3) is 0.130. The molecule has 9 rings (SSSR count). The molecule has 0 spiro atoms. The van der Waals surface area contributed by atoms with Crippen molar-refractivity contribution < 1.29 is 0 Å². The zero-order valence-corrected chi connectivity index (χ0v) is 27.4. The molecule has 7 aromatic carbocycles. The highest BCUT2D eigenvalue weighted by Gasteiger charge is 2.39. The maximum Gasteiger partial charge on any atom is 0.0549 e. The van der Waals surface area contributed by atoms with E-state index >= 15 is 0 Å². The van der Waals surface area contributed by atoms with Gasteiger partial charge in [0.1, 0.15) is 0 Å². The molecule has 0 unspecified atom stereocenters. The van der Waals surface area contributed by atoms with Gasteiger partial charge in [0.05, 0.1) is 5.69 Å². The van der Waals surface area contributed by atoms with E-state index in [1.807, 2.05) is 0 Å². The van der Waals surface area contributed by atoms with Crippen LogP contribution in [0.3, 0.4) is 0 Å². The number of anilines is 3. The van der Waals surface area contributed by atoms with E-state index in [4.69, 9.17) is 0 Å². The van der Waals surface area contributed by atoms with Crippen molar-refractivity contribution in [1.82, 2.24) is 0 Å². The summed E-state index contributed by atoms with van der Waals surface area (Å²) in [7, 11) is 0. The summed E-state index contributed by atoms with van der Waals surface area (Å²) in [4.78, 5) is 2.45. The van der Waals surface area contributed by atoms with Gasteiger partial charge in [-0.1, -0.05) is 143 Å². The fourth-order valence-corrected chi connectivity index (χ4v) is 8.52. The van der Waals surface area contributed by atoms with Gasteiger partial charge in [0.2, 0.25) is 0 Å². The number of para-hydroxylation sites is 1. The Labute approximate surface area is 277 Å². The molecule has 7 aromatic rings. The lowest BCUT2D eigenvalue weighted by atomic mass is 9.80. The Hall–Kier alpha value is -5.40. The molecule has 0 N–H and O–H groups in total. The predicted octanol–water partition coefficient (Wildman–Crippen LogP) is 12.6. The molecule has 0 aliphatic heterocycles. The monoisotopic (exact) mass is 603 g/mol. The Morgan fingerprint density at radius 1 is 0.426 bits per heavy atom. The lowest BCUT2D eigenvalue weighted by Gasteiger charge is -2.30. The largest absolute Gasteiger partial charge is 0.310 e. The molecule has 0 atom stereocenters. The Morgan fingerprint density at radius 2 is 1.00 bits per heavy atom. The van der Waals surface area contributed by atoms with Gasteiger partial charge in [-0.25, -0.2) is 0 Å². The van der Waals surface area contributed by atoms with Crippen molar-refractivity contribution in [3.8, 4) is 33.4 Å². The molecule has 1 heteroatoms. The van der Waals surface area contributed by atoms with Crippen LogP contribution in [-0.4, -0.2) is 0 Å². The van der Waals surface area contributed by atoms with Crippen molar-refractivity contribution in [2.45, 2.75) is 38.5 Å². The van der Waals surface area contributed by atoms with E-state index < -0.39 is 0 Å². The Balaban J connectivity index is 1.22. The average Bonchev–Trinajstić information content (AvgIpc) is 3.49. The standard InChI is InChI=1S/C46H37N/c1-45(2)39-20-12-10-18-36(39)38-28-31(24-27-41(38)45)30-22-25-34(26-23-30)47(33-15-6-5-7-16-33)42-29-32-14-8-9-17-35(32)44-43(42)37-19-11-13-21-40(37)46(44,3)4/h5-29H,1-4H3. The zero-order valence-electron chi connectivity index (χ0n) is 27.4. The number of nitrogens with zero attached hydrogens (tertiary/aromatic N) is 1. The molecule has 0 radical (unpaired) electrons. The predicted molar refractivity (Wildman–Crippen MR) is 199 cm³/mol. The molecule has 226 valence electrons. The highest BCUT2D eigenvalue weighted by molar-refractivity contribution is 6.06. The minimum atomic E-state index is -0.117. The first-order chi connectivity index (χ1) is 22.8. The maximum atomic E-state index is 2.45. The third kappa shape index (κ3) is 4.02. The van der Waals surface area contributed by atoms with Gasteiger partial charge in [-0.05, 0) is 97.2 Å². The summed E-state index contributed by atoms with van der Waals surface area (Å²) >= 11 is 0. The second-order valence-corrected chi connectivity index (χ2v) is 14.2. The van der Waals surface area contributed by atoms with Gasteiger partial charge < -0.3 is 4.90 Å². The van der Waals surface area contributed by atoms with Crippen LogP contribution in [0.1, 0.15) is 49.9 Å². The van der Waals surface area contributed by atoms with Crippen molar-refractivity contribution in [3.63, 3.8) is 0 Å². The molecule has 2 aliphatic carbocycles. The van der Waals surface area contributed by atoms with Gasteiger partial charge in [0.15, 0.2) is 0 Å². The number of hydrogen-bond donors (Lipinski definition) is 0. The Bertz CT molecular complexity index is 2340. The van der Waals surface area contributed by atoms with Gasteiger partial charge in [-0.3, -0.25) is 0 Å². The van der Waals surface area contributed by atoms with E-state index in [2.05, 4.69) is 184 Å². The highest BCUT2D eigenvalue weighted by atomic mass is 15.1. The van der Waals surface area contributed by atoms with Crippen LogP contribution in [0.4, 0.5) is 17.1 Å². The second kappa shape index (κ2) is 10.0. The van der Waals surface area contributed by atoms with Gasteiger partial charge in [0, 0.05) is 27.8 Å². The molecule has 2 aliphatic rings. The smallest absolute Gasteiger partial charge is 0.0549 e. The molecule has 0 heterocycles. The molecular formula is C46H37N. The van der Waals surface area contributed by atoms with Gasteiger partial charge in [0.25, 0.3) is 0 Å². The van der Waals surface area contributed by atoms with Crippen LogP contribution in [0, 0.1) is 0 Å². The number of rotatable bonds is 4. The molecule has 0 amide bonds. The summed E-state index contributed by atoms with van der Waals surface area (Å²) in [5, 5.41) is 2.60. The van der Waals surface area contributed by atoms with Crippen molar-refractivity contribution in [3.05, 3.63) is 174 Å². The van der Waals surface area contributed by atoms with E-state index in [-0.39, 0.29) is 10.8 Å². The topological polar surface area (TPSA) is 3.24 Å². The summed E-state index contributed by atoms with van der Waals surface area (Å²) in [6, 6.07) is 56.2. The van der Waals surface area contributed by atoms with Crippen LogP contribution >= 0.6 is 0 Å². The number of fused-ring (bicyclic) bond motifs is 8. The van der Waals surface area contributed by atoms with Crippen LogP contribution in [-0.2, 0) is 10.8 Å². The van der Waals surface area contributed by atoms with Crippen LogP contribution in [0.5, 0.6) is 0 Å². The van der Waals surface area contributed by atoms with Crippen LogP contribution in [0.15, 0.2) is 152 Å². The van der Waals surface area contributed by atoms with Crippen molar-refractivity contribution in [1.29, 1.82) is 0 Å². The molecule has 0 fully saturated rings. The molecule has 0 saturated heterocycles. The summed E-state index contributed by atoms with van der Waals surface area (Å²) in [6.45, 7) is 9.44. The maximum absolute atomic E-state index is 2.45. The fourth-order valence-electron chi connectivity index (χ4n) is 8.52. The second-order valence-electron chi connectivity index (χ2n) is 14.2. The quantitative estimate of drug-likeness (QED) is 0.193. The van der Waals surface area contributed by atoms with Gasteiger partial charge >= 0.3 is 0 Å². The van der Waals surface area contributed by atoms with E-state index in [0.717, 1.165) is 11.4 Å². The SMILES string of the molecule is CC1(C)c2ccccc2-c2cc(-c3ccc(N(c4ccccc4)c4cc5ccccc5c5c4-c4ccccc4C5(C)C)cc3)ccc21. The van der Waals surface area contributed by atoms with Crippen molar-refractivity contribution in [2.75, 3.05) is 4.90 Å². The molecule has 47 heavy (non-hydrogen) atoms. The zero-order chi connectivity index (χ0) is 31.9. The van der Waals surface area contributed by atoms with Crippen LogP contribution < -0.4 is 4.90 Å². The summed E-state index contributed by atoms with van der Waals surface area (Å²) < 4.78 is 0. The molecule has 1 nitrogen and oxygen atoms in total. The van der Waals surface area contributed by atoms with Crippen molar-refractivity contribution in [2.24, 2.45) is 0 Å². The molecular weight excluding hydrogens is 567 g/mol. The lowest BCUT2D eigenvalue weighted by Crippen LogP contribution is -2.16. The first-order valence-corrected chi connectivity index (χ1v) is 16.7. The summed E-state index contributed by atoms with van der Waals surface area (Å²) in [5.41, 5.74) is 16.9. The molecule has 0 aromatic heterocycles. The van der Waals surface area contributed by atoms with E-state index in [1.54, 1.807) is 0 Å². The molecule has 0 saturated carbocycles. The van der Waals surface area contributed by atoms with E-state index in [9.17, 15) is 0 Å². The highest BCUT2D eigenvalue weighted by Crippen LogP contribution is 2.57. The van der Waals surface area contributed by atoms with Gasteiger partial charge in [-0.2, -0.15) is 0 Å². The average molecular weight is 604 g/mol. The van der Waals surface area contributed by atoms with E-state index in [1.165, 1.54) is 72.1 Å². The summed E-state index contributed by atoms with van der Waals surface area (Å²) in [5.74, 6) is 0. The third-order valence-corrected chi connectivity index (χ3v) is 10.8.